The van der Waals surface area contributed by atoms with Crippen LogP contribution in [0, 0.1) is 12.3 Å². The van der Waals surface area contributed by atoms with Crippen molar-refractivity contribution in [1.82, 2.24) is 9.88 Å². The molecule has 1 atom stereocenters. The van der Waals surface area contributed by atoms with Gasteiger partial charge in [0.05, 0.1) is 0 Å². The summed E-state index contributed by atoms with van der Waals surface area (Å²) >= 11 is 0. The average molecular weight is 273 g/mol. The second-order valence-corrected chi connectivity index (χ2v) is 7.66. The number of nitrogens with two attached hydrogens (primary N) is 1. The van der Waals surface area contributed by atoms with Crippen LogP contribution in [0.15, 0.2) is 12.1 Å². The first-order valence-corrected chi connectivity index (χ1v) is 7.79. The molecule has 3 nitrogen and oxygen atoms in total. The van der Waals surface area contributed by atoms with Gasteiger partial charge in [-0.15, -0.1) is 0 Å². The summed E-state index contributed by atoms with van der Waals surface area (Å²) in [5, 5.41) is 0. The fraction of sp³-hybridized carbons (Fsp3) is 0.706. The lowest BCUT2D eigenvalue weighted by Crippen LogP contribution is -2.51. The van der Waals surface area contributed by atoms with E-state index in [2.05, 4.69) is 44.7 Å². The van der Waals surface area contributed by atoms with Gasteiger partial charge in [-0.05, 0) is 77.1 Å². The predicted molar refractivity (Wildman–Crippen MR) is 82.6 cm³/mol. The molecule has 3 heteroatoms. The van der Waals surface area contributed by atoms with E-state index in [1.54, 1.807) is 0 Å². The van der Waals surface area contributed by atoms with Gasteiger partial charge in [-0.3, -0.25) is 9.88 Å². The average Bonchev–Trinajstić information content (AvgIpc) is 2.61. The van der Waals surface area contributed by atoms with E-state index in [9.17, 15) is 0 Å². The zero-order valence-corrected chi connectivity index (χ0v) is 13.2. The molecule has 0 amide bonds. The van der Waals surface area contributed by atoms with E-state index in [4.69, 9.17) is 10.7 Å². The molecule has 0 bridgehead atoms. The minimum atomic E-state index is 0.174. The Kier molecular flexibility index (Phi) is 3.18. The van der Waals surface area contributed by atoms with E-state index in [-0.39, 0.29) is 17.0 Å². The van der Waals surface area contributed by atoms with Crippen LogP contribution in [0.2, 0.25) is 0 Å². The predicted octanol–water partition coefficient (Wildman–Crippen LogP) is 2.83. The smallest absolute Gasteiger partial charge is 0.0460 e. The lowest BCUT2D eigenvalue weighted by atomic mass is 9.72. The van der Waals surface area contributed by atoms with Crippen molar-refractivity contribution in [2.75, 3.05) is 13.1 Å². The van der Waals surface area contributed by atoms with Crippen LogP contribution in [0.1, 0.15) is 56.6 Å². The SMILES string of the molecule is Cc1ccc2c(n1)CC1(CCN(C(C)(C)C)CC1)[C@@H]2N. The Bertz CT molecular complexity index is 507. The van der Waals surface area contributed by atoms with Crippen molar-refractivity contribution in [2.24, 2.45) is 11.1 Å². The monoisotopic (exact) mass is 273 g/mol. The lowest BCUT2D eigenvalue weighted by Gasteiger charge is -2.46. The van der Waals surface area contributed by atoms with E-state index in [1.165, 1.54) is 24.1 Å². The summed E-state index contributed by atoms with van der Waals surface area (Å²) in [4.78, 5) is 7.32. The van der Waals surface area contributed by atoms with Crippen LogP contribution in [0.5, 0.6) is 0 Å². The number of aryl methyl sites for hydroxylation is 1. The number of rotatable bonds is 0. The molecular formula is C17H27N3. The molecule has 1 aromatic rings. The maximum atomic E-state index is 6.60. The number of hydrogen-bond acceptors (Lipinski definition) is 3. The first-order valence-electron chi connectivity index (χ1n) is 7.79. The van der Waals surface area contributed by atoms with E-state index < -0.39 is 0 Å². The molecule has 1 aliphatic carbocycles. The highest BCUT2D eigenvalue weighted by Gasteiger charge is 2.47. The van der Waals surface area contributed by atoms with Crippen molar-refractivity contribution in [1.29, 1.82) is 0 Å². The summed E-state index contributed by atoms with van der Waals surface area (Å²) < 4.78 is 0. The Morgan fingerprint density at radius 3 is 2.50 bits per heavy atom. The summed E-state index contributed by atoms with van der Waals surface area (Å²) in [6, 6.07) is 4.47. The van der Waals surface area contributed by atoms with Crippen LogP contribution in [0.3, 0.4) is 0 Å². The van der Waals surface area contributed by atoms with Gasteiger partial charge in [0.1, 0.15) is 0 Å². The van der Waals surface area contributed by atoms with Crippen molar-refractivity contribution in [2.45, 2.75) is 58.5 Å². The van der Waals surface area contributed by atoms with Gasteiger partial charge in [-0.2, -0.15) is 0 Å². The van der Waals surface area contributed by atoms with Gasteiger partial charge in [0.25, 0.3) is 0 Å². The number of hydrogen-bond donors (Lipinski definition) is 1. The van der Waals surface area contributed by atoms with Crippen LogP contribution in [0.4, 0.5) is 0 Å². The van der Waals surface area contributed by atoms with E-state index >= 15 is 0 Å². The topological polar surface area (TPSA) is 42.2 Å². The Morgan fingerprint density at radius 1 is 1.25 bits per heavy atom. The van der Waals surface area contributed by atoms with Crippen LogP contribution in [-0.4, -0.2) is 28.5 Å². The van der Waals surface area contributed by atoms with Gasteiger partial charge in [0.15, 0.2) is 0 Å². The maximum absolute atomic E-state index is 6.60. The molecule has 1 aromatic heterocycles. The van der Waals surface area contributed by atoms with Crippen molar-refractivity contribution in [3.8, 4) is 0 Å². The number of piperidine rings is 1. The van der Waals surface area contributed by atoms with Gasteiger partial charge in [0.2, 0.25) is 0 Å². The molecule has 0 radical (unpaired) electrons. The second-order valence-electron chi connectivity index (χ2n) is 7.66. The van der Waals surface area contributed by atoms with Gasteiger partial charge in [0, 0.05) is 23.0 Å². The third kappa shape index (κ3) is 2.17. The molecule has 0 saturated carbocycles. The zero-order valence-electron chi connectivity index (χ0n) is 13.2. The van der Waals surface area contributed by atoms with E-state index in [1.807, 2.05) is 0 Å². The number of pyridine rings is 1. The summed E-state index contributed by atoms with van der Waals surface area (Å²) in [6.07, 6.45) is 3.46. The first kappa shape index (κ1) is 14.0. The third-order valence-corrected chi connectivity index (χ3v) is 5.37. The van der Waals surface area contributed by atoms with E-state index in [0.717, 1.165) is 25.2 Å². The van der Waals surface area contributed by atoms with Gasteiger partial charge >= 0.3 is 0 Å². The Balaban J connectivity index is 1.81. The largest absolute Gasteiger partial charge is 0.323 e. The molecule has 0 aromatic carbocycles. The number of fused-ring (bicyclic) bond motifs is 1. The van der Waals surface area contributed by atoms with Gasteiger partial charge in [-0.25, -0.2) is 0 Å². The molecule has 110 valence electrons. The molecule has 20 heavy (non-hydrogen) atoms. The van der Waals surface area contributed by atoms with Crippen LogP contribution in [0.25, 0.3) is 0 Å². The van der Waals surface area contributed by atoms with Crippen LogP contribution >= 0.6 is 0 Å². The molecule has 2 N–H and O–H groups in total. The van der Waals surface area contributed by atoms with Crippen LogP contribution in [-0.2, 0) is 6.42 Å². The zero-order chi connectivity index (χ0) is 14.5. The summed E-state index contributed by atoms with van der Waals surface area (Å²) in [7, 11) is 0. The highest BCUT2D eigenvalue weighted by Crippen LogP contribution is 2.50. The molecule has 1 fully saturated rings. The minimum Gasteiger partial charge on any atom is -0.323 e. The normalized spacial score (nSPS) is 25.9. The molecule has 0 unspecified atom stereocenters. The van der Waals surface area contributed by atoms with Gasteiger partial charge in [-0.1, -0.05) is 6.07 Å². The van der Waals surface area contributed by atoms with Gasteiger partial charge < -0.3 is 5.73 Å². The maximum Gasteiger partial charge on any atom is 0.0460 e. The van der Waals surface area contributed by atoms with Crippen molar-refractivity contribution in [3.05, 3.63) is 29.1 Å². The van der Waals surface area contributed by atoms with Crippen molar-refractivity contribution >= 4 is 0 Å². The van der Waals surface area contributed by atoms with Crippen LogP contribution < -0.4 is 5.73 Å². The second kappa shape index (κ2) is 4.54. The fourth-order valence-electron chi connectivity index (χ4n) is 3.93. The molecule has 2 aliphatic rings. The number of likely N-dealkylation sites (tertiary alicyclic amines) is 1. The highest BCUT2D eigenvalue weighted by molar-refractivity contribution is 5.34. The Morgan fingerprint density at radius 2 is 1.90 bits per heavy atom. The summed E-state index contributed by atoms with van der Waals surface area (Å²) in [5.41, 5.74) is 10.8. The quantitative estimate of drug-likeness (QED) is 0.790. The standard InChI is InChI=1S/C17H27N3/c1-12-5-6-13-14(19-12)11-17(15(13)18)7-9-20(10-8-17)16(2,3)4/h5-6,15H,7-11,18H2,1-4H3/t15-/m1/s1. The van der Waals surface area contributed by atoms with Crippen molar-refractivity contribution in [3.63, 3.8) is 0 Å². The Labute approximate surface area is 122 Å². The molecule has 1 saturated heterocycles. The fourth-order valence-corrected chi connectivity index (χ4v) is 3.93. The van der Waals surface area contributed by atoms with E-state index in [0.29, 0.717) is 0 Å². The molecular weight excluding hydrogens is 246 g/mol. The number of aromatic nitrogens is 1. The first-order chi connectivity index (χ1) is 9.32. The highest BCUT2D eigenvalue weighted by atomic mass is 15.2. The summed E-state index contributed by atoms with van der Waals surface area (Å²) in [6.45, 7) is 11.3. The lowest BCUT2D eigenvalue weighted by molar-refractivity contribution is 0.0343. The number of nitrogens with zero attached hydrogens (tertiary/aromatic N) is 2. The molecule has 2 heterocycles. The Hall–Kier alpha value is -0.930. The third-order valence-electron chi connectivity index (χ3n) is 5.37. The molecule has 3 rings (SSSR count). The molecule has 1 aliphatic heterocycles. The molecule has 1 spiro atoms. The minimum absolute atomic E-state index is 0.174. The summed E-state index contributed by atoms with van der Waals surface area (Å²) in [5.74, 6) is 0. The van der Waals surface area contributed by atoms with Crippen molar-refractivity contribution < 1.29 is 0 Å².